The van der Waals surface area contributed by atoms with Gasteiger partial charge in [-0.1, -0.05) is 164 Å². The second-order valence-corrected chi connectivity index (χ2v) is 16.6. The van der Waals surface area contributed by atoms with E-state index in [1.807, 2.05) is 0 Å². The van der Waals surface area contributed by atoms with E-state index in [0.717, 1.165) is 11.4 Å². The zero-order chi connectivity index (χ0) is 39.5. The summed E-state index contributed by atoms with van der Waals surface area (Å²) >= 11 is 0. The van der Waals surface area contributed by atoms with Crippen LogP contribution < -0.4 is 5.32 Å². The summed E-state index contributed by atoms with van der Waals surface area (Å²) < 4.78 is 2.58. The number of rotatable bonds is 5. The molecular weight excluding hydrogens is 725 g/mol. The molecule has 1 N–H and O–H groups in total. The van der Waals surface area contributed by atoms with Crippen molar-refractivity contribution in [2.45, 2.75) is 12.3 Å². The van der Waals surface area contributed by atoms with Crippen LogP contribution in [-0.2, 0) is 5.41 Å². The Labute approximate surface area is 348 Å². The predicted octanol–water partition coefficient (Wildman–Crippen LogP) is 15.5. The van der Waals surface area contributed by atoms with Crippen LogP contribution >= 0.6 is 0 Å². The van der Waals surface area contributed by atoms with Gasteiger partial charge in [0.2, 0.25) is 0 Å². The Morgan fingerprint density at radius 1 is 0.433 bits per heavy atom. The molecule has 0 fully saturated rings. The zero-order valence-electron chi connectivity index (χ0n) is 33.1. The highest BCUT2D eigenvalue weighted by Crippen LogP contribution is 2.61. The summed E-state index contributed by atoms with van der Waals surface area (Å²) in [6, 6.07) is 76.4. The van der Waals surface area contributed by atoms with Gasteiger partial charge in [-0.2, -0.15) is 0 Å². The first kappa shape index (κ1) is 33.3. The third-order valence-electron chi connectivity index (χ3n) is 13.6. The Bertz CT molecular complexity index is 3570. The normalized spacial score (nSPS) is 14.8. The molecule has 10 aromatic carbocycles. The average molecular weight is 763 g/mol. The van der Waals surface area contributed by atoms with E-state index in [2.05, 4.69) is 223 Å². The Balaban J connectivity index is 1.10. The standard InChI is InChI=1S/C58H38N2/c1-58(40-31-28-37-16-5-6-17-39(37)34-40)49-24-12-23-46-45-18-7-9-26-52(45)60-53-27-10-8-19-47(53)54-48(35-50(58)56(55(46)49)57(54)60)43-20-11-22-44-42(43)21-13-25-51(44)59-41-32-29-38(30-33-41)36-14-3-2-4-15-36/h2-35,59H,1H3. The first-order valence-corrected chi connectivity index (χ1v) is 20.9. The maximum Gasteiger partial charge on any atom is 0.0629 e. The maximum absolute atomic E-state index is 3.80. The van der Waals surface area contributed by atoms with Crippen LogP contribution in [0.15, 0.2) is 206 Å². The molecule has 1 aliphatic carbocycles. The van der Waals surface area contributed by atoms with Gasteiger partial charge in [-0.05, 0) is 116 Å². The van der Waals surface area contributed by atoms with Gasteiger partial charge in [0.15, 0.2) is 0 Å². The van der Waals surface area contributed by atoms with Crippen molar-refractivity contribution < 1.29 is 0 Å². The molecule has 0 saturated heterocycles. The summed E-state index contributed by atoms with van der Waals surface area (Å²) in [4.78, 5) is 0. The van der Waals surface area contributed by atoms with Crippen molar-refractivity contribution in [3.8, 4) is 50.2 Å². The second kappa shape index (κ2) is 12.4. The molecule has 1 aromatic heterocycles. The van der Waals surface area contributed by atoms with Gasteiger partial charge in [-0.15, -0.1) is 0 Å². The molecule has 2 nitrogen and oxygen atoms in total. The molecule has 2 heteroatoms. The lowest BCUT2D eigenvalue weighted by molar-refractivity contribution is 0.716. The van der Waals surface area contributed by atoms with E-state index in [9.17, 15) is 0 Å². The largest absolute Gasteiger partial charge is 0.355 e. The Morgan fingerprint density at radius 3 is 2.02 bits per heavy atom. The van der Waals surface area contributed by atoms with Crippen molar-refractivity contribution in [3.63, 3.8) is 0 Å². The third kappa shape index (κ3) is 4.53. The van der Waals surface area contributed by atoms with Gasteiger partial charge in [-0.3, -0.25) is 0 Å². The first-order chi connectivity index (χ1) is 29.6. The van der Waals surface area contributed by atoms with Gasteiger partial charge in [0.05, 0.1) is 16.7 Å². The molecule has 1 atom stereocenters. The predicted molar refractivity (Wildman–Crippen MR) is 253 cm³/mol. The maximum atomic E-state index is 3.80. The molecule has 60 heavy (non-hydrogen) atoms. The van der Waals surface area contributed by atoms with Crippen molar-refractivity contribution in [1.82, 2.24) is 4.57 Å². The summed E-state index contributed by atoms with van der Waals surface area (Å²) in [7, 11) is 0. The Morgan fingerprint density at radius 2 is 1.12 bits per heavy atom. The molecule has 13 rings (SSSR count). The molecule has 1 aliphatic heterocycles. The van der Waals surface area contributed by atoms with E-state index in [1.54, 1.807) is 0 Å². The number of hydrogen-bond acceptors (Lipinski definition) is 1. The number of hydrogen-bond donors (Lipinski definition) is 1. The topological polar surface area (TPSA) is 17.0 Å². The molecule has 0 bridgehead atoms. The van der Waals surface area contributed by atoms with Gasteiger partial charge < -0.3 is 9.88 Å². The Hall–Kier alpha value is -7.68. The van der Waals surface area contributed by atoms with Crippen molar-refractivity contribution in [2.24, 2.45) is 0 Å². The van der Waals surface area contributed by atoms with Crippen LogP contribution in [0.4, 0.5) is 11.4 Å². The molecule has 0 spiro atoms. The van der Waals surface area contributed by atoms with Crippen LogP contribution in [0.1, 0.15) is 23.6 Å². The minimum atomic E-state index is -0.412. The molecule has 1 unspecified atom stereocenters. The number of benzene rings is 10. The fraction of sp³-hybridized carbons (Fsp3) is 0.0345. The minimum absolute atomic E-state index is 0.412. The third-order valence-corrected chi connectivity index (χ3v) is 13.6. The lowest BCUT2D eigenvalue weighted by atomic mass is 9.72. The number of fused-ring (bicyclic) bond motifs is 8. The first-order valence-electron chi connectivity index (χ1n) is 20.9. The molecule has 2 heterocycles. The van der Waals surface area contributed by atoms with Gasteiger partial charge in [-0.25, -0.2) is 0 Å². The molecular formula is C58H38N2. The van der Waals surface area contributed by atoms with Crippen LogP contribution in [0.3, 0.4) is 0 Å². The highest BCUT2D eigenvalue weighted by molar-refractivity contribution is 6.25. The average Bonchev–Trinajstić information content (AvgIpc) is 3.74. The molecule has 0 radical (unpaired) electrons. The fourth-order valence-corrected chi connectivity index (χ4v) is 10.8. The zero-order valence-corrected chi connectivity index (χ0v) is 33.1. The van der Waals surface area contributed by atoms with Crippen LogP contribution in [0.2, 0.25) is 0 Å². The molecule has 0 amide bonds. The number of nitrogens with zero attached hydrogens (tertiary/aromatic N) is 1. The molecule has 280 valence electrons. The number of aromatic nitrogens is 1. The van der Waals surface area contributed by atoms with Crippen LogP contribution in [0, 0.1) is 0 Å². The summed E-state index contributed by atoms with van der Waals surface area (Å²) in [6.45, 7) is 2.47. The van der Waals surface area contributed by atoms with E-state index in [4.69, 9.17) is 0 Å². The van der Waals surface area contributed by atoms with E-state index in [0.29, 0.717) is 0 Å². The Kier molecular flexibility index (Phi) is 6.89. The van der Waals surface area contributed by atoms with Crippen molar-refractivity contribution in [3.05, 3.63) is 223 Å². The highest BCUT2D eigenvalue weighted by Gasteiger charge is 2.45. The number of nitrogens with one attached hydrogen (secondary N) is 1. The smallest absolute Gasteiger partial charge is 0.0629 e. The van der Waals surface area contributed by atoms with Gasteiger partial charge >= 0.3 is 0 Å². The number of para-hydroxylation sites is 2. The highest BCUT2D eigenvalue weighted by atomic mass is 15.0. The van der Waals surface area contributed by atoms with Crippen LogP contribution in [0.25, 0.3) is 93.5 Å². The van der Waals surface area contributed by atoms with Gasteiger partial charge in [0, 0.05) is 44.1 Å². The summed E-state index contributed by atoms with van der Waals surface area (Å²) in [5.74, 6) is 0. The summed E-state index contributed by atoms with van der Waals surface area (Å²) in [5.41, 5.74) is 19.7. The van der Waals surface area contributed by atoms with Gasteiger partial charge in [0.1, 0.15) is 0 Å². The monoisotopic (exact) mass is 762 g/mol. The van der Waals surface area contributed by atoms with Crippen LogP contribution in [-0.4, -0.2) is 4.57 Å². The lowest BCUT2D eigenvalue weighted by Crippen LogP contribution is -2.22. The van der Waals surface area contributed by atoms with E-state index >= 15 is 0 Å². The minimum Gasteiger partial charge on any atom is -0.355 e. The lowest BCUT2D eigenvalue weighted by Gasteiger charge is -2.30. The quantitative estimate of drug-likeness (QED) is 0.185. The molecule has 2 aliphatic rings. The van der Waals surface area contributed by atoms with Crippen molar-refractivity contribution in [1.29, 1.82) is 0 Å². The molecule has 0 saturated carbocycles. The second-order valence-electron chi connectivity index (χ2n) is 16.6. The van der Waals surface area contributed by atoms with Gasteiger partial charge in [0.25, 0.3) is 0 Å². The van der Waals surface area contributed by atoms with E-state index in [1.165, 1.54) is 110 Å². The van der Waals surface area contributed by atoms with E-state index < -0.39 is 5.41 Å². The SMILES string of the molecule is CC1(c2ccc3ccccc3c2)c2cccc3c2-c2c1cc(-c1cccc4c(Nc5ccc(-c6ccccc6)cc5)cccc14)c1c4ccccc4n(c21)-c1ccccc1-3. The summed E-state index contributed by atoms with van der Waals surface area (Å²) in [5, 5.41) is 11.3. The van der Waals surface area contributed by atoms with E-state index in [-0.39, 0.29) is 0 Å². The fourth-order valence-electron chi connectivity index (χ4n) is 10.8. The molecule has 11 aromatic rings. The van der Waals surface area contributed by atoms with Crippen LogP contribution in [0.5, 0.6) is 0 Å². The number of anilines is 2. The summed E-state index contributed by atoms with van der Waals surface area (Å²) in [6.07, 6.45) is 0. The van der Waals surface area contributed by atoms with Crippen molar-refractivity contribution >= 4 is 54.7 Å². The van der Waals surface area contributed by atoms with Crippen molar-refractivity contribution in [2.75, 3.05) is 5.32 Å².